The van der Waals surface area contributed by atoms with Crippen molar-refractivity contribution in [2.45, 2.75) is 11.9 Å². The first kappa shape index (κ1) is 11.0. The van der Waals surface area contributed by atoms with E-state index in [1.807, 2.05) is 0 Å². The smallest absolute Gasteiger partial charge is 0.215 e. The topological polar surface area (TPSA) is 34.1 Å². The number of allylic oxidation sites excluding steroid dienone is 5. The van der Waals surface area contributed by atoms with E-state index in [-0.39, 0.29) is 17.4 Å². The number of sulfone groups is 1. The SMILES string of the molecule is O=S(=O)(/C=C1/C=CC=CC1)C(F)(F)F. The zero-order valence-electron chi connectivity index (χ0n) is 6.95. The maximum Gasteiger partial charge on any atom is 0.501 e. The van der Waals surface area contributed by atoms with E-state index in [0.29, 0.717) is 0 Å². The van der Waals surface area contributed by atoms with Crippen molar-refractivity contribution in [3.05, 3.63) is 35.3 Å². The summed E-state index contributed by atoms with van der Waals surface area (Å²) in [6.07, 6.45) is 6.24. The molecule has 14 heavy (non-hydrogen) atoms. The van der Waals surface area contributed by atoms with Crippen molar-refractivity contribution in [1.82, 2.24) is 0 Å². The average Bonchev–Trinajstić information content (AvgIpc) is 2.03. The Balaban J connectivity index is 2.98. The zero-order valence-corrected chi connectivity index (χ0v) is 7.77. The molecule has 0 aromatic rings. The summed E-state index contributed by atoms with van der Waals surface area (Å²) >= 11 is 0. The van der Waals surface area contributed by atoms with Crippen LogP contribution in [0.3, 0.4) is 0 Å². The second-order valence-corrected chi connectivity index (χ2v) is 4.46. The monoisotopic (exact) mass is 224 g/mol. The highest BCUT2D eigenvalue weighted by molar-refractivity contribution is 7.95. The predicted molar refractivity (Wildman–Crippen MR) is 46.0 cm³/mol. The molecule has 0 unspecified atom stereocenters. The minimum absolute atomic E-state index is 0.129. The van der Waals surface area contributed by atoms with Crippen LogP contribution in [0.25, 0.3) is 0 Å². The van der Waals surface area contributed by atoms with Gasteiger partial charge >= 0.3 is 5.51 Å². The first-order chi connectivity index (χ1) is 6.33. The molecule has 0 aromatic heterocycles. The number of alkyl halides is 3. The summed E-state index contributed by atoms with van der Waals surface area (Å²) in [4.78, 5) is 0. The molecular weight excluding hydrogens is 217 g/mol. The molecular formula is C8H7F3O2S. The highest BCUT2D eigenvalue weighted by Crippen LogP contribution is 2.26. The molecule has 0 amide bonds. The van der Waals surface area contributed by atoms with Crippen LogP contribution in [-0.4, -0.2) is 13.9 Å². The van der Waals surface area contributed by atoms with Crippen molar-refractivity contribution >= 4 is 9.84 Å². The molecule has 0 radical (unpaired) electrons. The summed E-state index contributed by atoms with van der Waals surface area (Å²) in [7, 11) is -5.14. The van der Waals surface area contributed by atoms with E-state index in [2.05, 4.69) is 0 Å². The minimum atomic E-state index is -5.21. The summed E-state index contributed by atoms with van der Waals surface area (Å²) in [5.41, 5.74) is -5.08. The van der Waals surface area contributed by atoms with Gasteiger partial charge in [-0.1, -0.05) is 24.3 Å². The number of rotatable bonds is 1. The highest BCUT2D eigenvalue weighted by Gasteiger charge is 2.44. The fraction of sp³-hybridized carbons (Fsp3) is 0.250. The molecule has 0 bridgehead atoms. The van der Waals surface area contributed by atoms with Gasteiger partial charge in [-0.05, 0) is 12.0 Å². The van der Waals surface area contributed by atoms with Gasteiger partial charge in [0.2, 0.25) is 0 Å². The number of hydrogen-bond acceptors (Lipinski definition) is 2. The Hall–Kier alpha value is -1.04. The van der Waals surface area contributed by atoms with Gasteiger partial charge in [0.25, 0.3) is 9.84 Å². The third kappa shape index (κ3) is 2.47. The Labute approximate surface area is 79.3 Å². The lowest BCUT2D eigenvalue weighted by atomic mass is 10.1. The Morgan fingerprint density at radius 1 is 1.29 bits per heavy atom. The highest BCUT2D eigenvalue weighted by atomic mass is 32.2. The van der Waals surface area contributed by atoms with Crippen molar-refractivity contribution in [1.29, 1.82) is 0 Å². The van der Waals surface area contributed by atoms with E-state index in [1.165, 1.54) is 12.2 Å². The summed E-state index contributed by atoms with van der Waals surface area (Å²) in [6, 6.07) is 0. The lowest BCUT2D eigenvalue weighted by molar-refractivity contribution is -0.0423. The molecule has 0 N–H and O–H groups in total. The van der Waals surface area contributed by atoms with Crippen molar-refractivity contribution < 1.29 is 21.6 Å². The molecule has 0 saturated carbocycles. The summed E-state index contributed by atoms with van der Waals surface area (Å²) in [5.74, 6) is 0. The molecule has 0 saturated heterocycles. The fourth-order valence-corrected chi connectivity index (χ4v) is 1.59. The second kappa shape index (κ2) is 3.61. The van der Waals surface area contributed by atoms with Crippen LogP contribution >= 0.6 is 0 Å². The van der Waals surface area contributed by atoms with Gasteiger partial charge in [0.1, 0.15) is 0 Å². The van der Waals surface area contributed by atoms with Crippen LogP contribution in [0.5, 0.6) is 0 Å². The van der Waals surface area contributed by atoms with E-state index in [0.717, 1.165) is 0 Å². The zero-order chi connectivity index (χ0) is 10.8. The van der Waals surface area contributed by atoms with Gasteiger partial charge < -0.3 is 0 Å². The summed E-state index contributed by atoms with van der Waals surface area (Å²) in [6.45, 7) is 0. The van der Waals surface area contributed by atoms with E-state index in [4.69, 9.17) is 0 Å². The molecule has 0 fully saturated rings. The van der Waals surface area contributed by atoms with Crippen LogP contribution < -0.4 is 0 Å². The molecule has 6 heteroatoms. The molecule has 0 aromatic carbocycles. The Kier molecular flexibility index (Phi) is 2.84. The van der Waals surface area contributed by atoms with Gasteiger partial charge in [-0.2, -0.15) is 13.2 Å². The van der Waals surface area contributed by atoms with Crippen LogP contribution in [0.15, 0.2) is 35.3 Å². The number of halogens is 3. The van der Waals surface area contributed by atoms with Crippen LogP contribution in [0.1, 0.15) is 6.42 Å². The van der Waals surface area contributed by atoms with Crippen LogP contribution in [0.2, 0.25) is 0 Å². The maximum absolute atomic E-state index is 11.9. The van der Waals surface area contributed by atoms with E-state index >= 15 is 0 Å². The summed E-state index contributed by atoms with van der Waals surface area (Å²) in [5, 5.41) is 0.257. The average molecular weight is 224 g/mol. The molecule has 0 heterocycles. The molecule has 2 nitrogen and oxygen atoms in total. The van der Waals surface area contributed by atoms with Gasteiger partial charge in [-0.3, -0.25) is 0 Å². The molecule has 0 aliphatic heterocycles. The molecule has 0 atom stereocenters. The Morgan fingerprint density at radius 2 is 1.93 bits per heavy atom. The summed E-state index contributed by atoms with van der Waals surface area (Å²) < 4.78 is 57.1. The molecule has 1 aliphatic carbocycles. The quantitative estimate of drug-likeness (QED) is 0.685. The molecule has 78 valence electrons. The van der Waals surface area contributed by atoms with Crippen molar-refractivity contribution in [3.63, 3.8) is 0 Å². The normalized spacial score (nSPS) is 20.4. The largest absolute Gasteiger partial charge is 0.501 e. The van der Waals surface area contributed by atoms with Gasteiger partial charge in [0, 0.05) is 5.41 Å². The van der Waals surface area contributed by atoms with Gasteiger partial charge in [0.05, 0.1) is 0 Å². The van der Waals surface area contributed by atoms with E-state index in [1.54, 1.807) is 12.2 Å². The lowest BCUT2D eigenvalue weighted by Gasteiger charge is -2.06. The van der Waals surface area contributed by atoms with E-state index in [9.17, 15) is 21.6 Å². The van der Waals surface area contributed by atoms with Gasteiger partial charge in [0.15, 0.2) is 0 Å². The van der Waals surface area contributed by atoms with Crippen molar-refractivity contribution in [2.24, 2.45) is 0 Å². The third-order valence-corrected chi connectivity index (χ3v) is 2.80. The maximum atomic E-state index is 11.9. The van der Waals surface area contributed by atoms with Crippen molar-refractivity contribution in [3.8, 4) is 0 Å². The van der Waals surface area contributed by atoms with Gasteiger partial charge in [-0.25, -0.2) is 8.42 Å². The second-order valence-electron chi connectivity index (χ2n) is 2.67. The van der Waals surface area contributed by atoms with Crippen LogP contribution in [0.4, 0.5) is 13.2 Å². The predicted octanol–water partition coefficient (Wildman–Crippen LogP) is 2.32. The van der Waals surface area contributed by atoms with Gasteiger partial charge in [-0.15, -0.1) is 0 Å². The van der Waals surface area contributed by atoms with E-state index < -0.39 is 15.3 Å². The van der Waals surface area contributed by atoms with Crippen LogP contribution in [0, 0.1) is 0 Å². The minimum Gasteiger partial charge on any atom is -0.215 e. The Morgan fingerprint density at radius 3 is 2.36 bits per heavy atom. The first-order valence-electron chi connectivity index (χ1n) is 3.68. The molecule has 1 aliphatic rings. The molecule has 1 rings (SSSR count). The lowest BCUT2D eigenvalue weighted by Crippen LogP contribution is -2.20. The fourth-order valence-electron chi connectivity index (χ4n) is 0.883. The standard InChI is InChI=1S/C8H7F3O2S/c9-8(10,11)14(12,13)6-7-4-2-1-3-5-7/h1-4,6H,5H2/b7-6-. The third-order valence-electron chi connectivity index (χ3n) is 1.54. The van der Waals surface area contributed by atoms with Crippen molar-refractivity contribution in [2.75, 3.05) is 0 Å². The Bertz CT molecular complexity index is 399. The first-order valence-corrected chi connectivity index (χ1v) is 5.23. The van der Waals surface area contributed by atoms with Crippen LogP contribution in [-0.2, 0) is 9.84 Å². The number of hydrogen-bond donors (Lipinski definition) is 0. The molecule has 0 spiro atoms.